The van der Waals surface area contributed by atoms with Gasteiger partial charge in [0.2, 0.25) is 5.91 Å². The number of anilines is 2. The highest BCUT2D eigenvalue weighted by Crippen LogP contribution is 2.28. The zero-order valence-corrected chi connectivity index (χ0v) is 21.0. The number of fused-ring (bicyclic) bond motifs is 1. The molecule has 0 unspecified atom stereocenters. The van der Waals surface area contributed by atoms with Crippen LogP contribution < -0.4 is 15.5 Å². The molecule has 4 rings (SSSR count). The molecule has 0 aliphatic rings. The van der Waals surface area contributed by atoms with Crippen molar-refractivity contribution in [2.75, 3.05) is 16.8 Å². The molecular formula is C30H27N3O2S. The number of aryl methyl sites for hydroxylation is 1. The molecule has 0 heterocycles. The quantitative estimate of drug-likeness (QED) is 0.243. The predicted octanol–water partition coefficient (Wildman–Crippen LogP) is 6.34. The van der Waals surface area contributed by atoms with E-state index < -0.39 is 0 Å². The molecule has 0 radical (unpaired) electrons. The monoisotopic (exact) mass is 493 g/mol. The molecule has 0 saturated heterocycles. The standard InChI is InChI=1S/C30H27N3O2S/c1-3-33(27-10-6-8-23-7-4-5-9-26(23)27)29(35)24-16-18-25(19-17-24)31-30(36)32-28(34)20-15-22-13-11-21(2)12-14-22/h4-20H,3H2,1-2H3,(H2,31,32,34,36)/b20-15+. The Labute approximate surface area is 216 Å². The van der Waals surface area contributed by atoms with Crippen LogP contribution in [0.2, 0.25) is 0 Å². The summed E-state index contributed by atoms with van der Waals surface area (Å²) in [6.07, 6.45) is 3.17. The molecule has 36 heavy (non-hydrogen) atoms. The number of carbonyl (C=O) groups is 2. The van der Waals surface area contributed by atoms with Crippen LogP contribution >= 0.6 is 12.2 Å². The van der Waals surface area contributed by atoms with Crippen LogP contribution in [0.25, 0.3) is 16.8 Å². The van der Waals surface area contributed by atoms with Crippen LogP contribution in [0.3, 0.4) is 0 Å². The van der Waals surface area contributed by atoms with Gasteiger partial charge in [0.25, 0.3) is 5.91 Å². The van der Waals surface area contributed by atoms with E-state index in [2.05, 4.69) is 10.6 Å². The first kappa shape index (κ1) is 24.8. The molecule has 6 heteroatoms. The zero-order chi connectivity index (χ0) is 25.5. The minimum absolute atomic E-state index is 0.0856. The van der Waals surface area contributed by atoms with E-state index in [4.69, 9.17) is 12.2 Å². The summed E-state index contributed by atoms with van der Waals surface area (Å²) in [6, 6.07) is 28.9. The summed E-state index contributed by atoms with van der Waals surface area (Å²) in [5, 5.41) is 7.92. The van der Waals surface area contributed by atoms with Gasteiger partial charge in [-0.1, -0.05) is 66.2 Å². The molecule has 2 N–H and O–H groups in total. The summed E-state index contributed by atoms with van der Waals surface area (Å²) >= 11 is 5.26. The molecule has 180 valence electrons. The highest BCUT2D eigenvalue weighted by Gasteiger charge is 2.18. The Balaban J connectivity index is 1.39. The molecule has 0 bridgehead atoms. The highest BCUT2D eigenvalue weighted by molar-refractivity contribution is 7.80. The third-order valence-electron chi connectivity index (χ3n) is 5.75. The van der Waals surface area contributed by atoms with Crippen molar-refractivity contribution in [1.82, 2.24) is 5.32 Å². The van der Waals surface area contributed by atoms with Crippen molar-refractivity contribution in [2.45, 2.75) is 13.8 Å². The lowest BCUT2D eigenvalue weighted by Gasteiger charge is -2.23. The van der Waals surface area contributed by atoms with Gasteiger partial charge in [0.1, 0.15) is 0 Å². The smallest absolute Gasteiger partial charge is 0.258 e. The minimum Gasteiger partial charge on any atom is -0.332 e. The third-order valence-corrected chi connectivity index (χ3v) is 5.95. The van der Waals surface area contributed by atoms with E-state index in [-0.39, 0.29) is 16.9 Å². The molecule has 4 aromatic rings. The largest absolute Gasteiger partial charge is 0.332 e. The van der Waals surface area contributed by atoms with E-state index in [1.807, 2.05) is 80.6 Å². The Kier molecular flexibility index (Phi) is 7.88. The van der Waals surface area contributed by atoms with Gasteiger partial charge in [-0.25, -0.2) is 0 Å². The van der Waals surface area contributed by atoms with Crippen molar-refractivity contribution in [3.8, 4) is 0 Å². The number of nitrogens with one attached hydrogen (secondary N) is 2. The number of rotatable bonds is 6. The van der Waals surface area contributed by atoms with Crippen LogP contribution in [-0.4, -0.2) is 23.5 Å². The van der Waals surface area contributed by atoms with Crippen LogP contribution in [-0.2, 0) is 4.79 Å². The van der Waals surface area contributed by atoms with Gasteiger partial charge in [0.15, 0.2) is 5.11 Å². The fourth-order valence-electron chi connectivity index (χ4n) is 3.88. The second-order valence-electron chi connectivity index (χ2n) is 8.31. The maximum absolute atomic E-state index is 13.3. The van der Waals surface area contributed by atoms with Crippen LogP contribution in [0.1, 0.15) is 28.4 Å². The van der Waals surface area contributed by atoms with Gasteiger partial charge < -0.3 is 10.2 Å². The molecule has 4 aromatic carbocycles. The summed E-state index contributed by atoms with van der Waals surface area (Å²) in [5.74, 6) is -0.411. The summed E-state index contributed by atoms with van der Waals surface area (Å²) in [7, 11) is 0. The molecule has 0 aliphatic heterocycles. The molecule has 5 nitrogen and oxygen atoms in total. The predicted molar refractivity (Wildman–Crippen MR) is 152 cm³/mol. The van der Waals surface area contributed by atoms with Crippen LogP contribution in [0.5, 0.6) is 0 Å². The van der Waals surface area contributed by atoms with Crippen LogP contribution in [0.15, 0.2) is 97.1 Å². The Hall–Kier alpha value is -4.29. The van der Waals surface area contributed by atoms with Crippen molar-refractivity contribution >= 4 is 57.4 Å². The van der Waals surface area contributed by atoms with Crippen molar-refractivity contribution in [3.63, 3.8) is 0 Å². The lowest BCUT2D eigenvalue weighted by atomic mass is 10.1. The topological polar surface area (TPSA) is 61.4 Å². The van der Waals surface area contributed by atoms with E-state index in [1.54, 1.807) is 35.2 Å². The third kappa shape index (κ3) is 6.03. The van der Waals surface area contributed by atoms with Crippen molar-refractivity contribution < 1.29 is 9.59 Å². The van der Waals surface area contributed by atoms with E-state index in [0.717, 1.165) is 27.6 Å². The fourth-order valence-corrected chi connectivity index (χ4v) is 4.10. The van der Waals surface area contributed by atoms with E-state index in [1.165, 1.54) is 6.08 Å². The number of nitrogens with zero attached hydrogens (tertiary/aromatic N) is 1. The molecular weight excluding hydrogens is 466 g/mol. The van der Waals surface area contributed by atoms with Gasteiger partial charge in [-0.2, -0.15) is 0 Å². The van der Waals surface area contributed by atoms with Crippen molar-refractivity contribution in [3.05, 3.63) is 114 Å². The van der Waals surface area contributed by atoms with Gasteiger partial charge in [0.05, 0.1) is 5.69 Å². The van der Waals surface area contributed by atoms with E-state index in [0.29, 0.717) is 17.8 Å². The Morgan fingerprint density at radius 2 is 1.58 bits per heavy atom. The molecule has 0 atom stereocenters. The molecule has 0 fully saturated rings. The maximum atomic E-state index is 13.3. The van der Waals surface area contributed by atoms with E-state index in [9.17, 15) is 9.59 Å². The number of thiocarbonyl (C=S) groups is 1. The van der Waals surface area contributed by atoms with Crippen LogP contribution in [0, 0.1) is 6.92 Å². The molecule has 0 aromatic heterocycles. The zero-order valence-electron chi connectivity index (χ0n) is 20.2. The maximum Gasteiger partial charge on any atom is 0.258 e. The molecule has 0 saturated carbocycles. The first-order valence-electron chi connectivity index (χ1n) is 11.7. The average molecular weight is 494 g/mol. The van der Waals surface area contributed by atoms with Gasteiger partial charge >= 0.3 is 0 Å². The first-order valence-corrected chi connectivity index (χ1v) is 12.1. The van der Waals surface area contributed by atoms with Gasteiger partial charge in [-0.3, -0.25) is 14.9 Å². The van der Waals surface area contributed by atoms with E-state index >= 15 is 0 Å². The number of hydrogen-bond donors (Lipinski definition) is 2. The first-order chi connectivity index (χ1) is 17.4. The molecule has 0 aliphatic carbocycles. The van der Waals surface area contributed by atoms with Crippen molar-refractivity contribution in [2.24, 2.45) is 0 Å². The Morgan fingerprint density at radius 3 is 2.31 bits per heavy atom. The van der Waals surface area contributed by atoms with Crippen molar-refractivity contribution in [1.29, 1.82) is 0 Å². The second-order valence-corrected chi connectivity index (χ2v) is 8.72. The highest BCUT2D eigenvalue weighted by atomic mass is 32.1. The van der Waals surface area contributed by atoms with Gasteiger partial charge in [-0.05, 0) is 73.4 Å². The minimum atomic E-state index is -0.325. The molecule has 0 spiro atoms. The second kappa shape index (κ2) is 11.4. The van der Waals surface area contributed by atoms with Crippen LogP contribution in [0.4, 0.5) is 11.4 Å². The Bertz CT molecular complexity index is 1420. The van der Waals surface area contributed by atoms with Gasteiger partial charge in [0, 0.05) is 29.3 Å². The average Bonchev–Trinajstić information content (AvgIpc) is 2.89. The summed E-state index contributed by atoms with van der Waals surface area (Å²) < 4.78 is 0. The Morgan fingerprint density at radius 1 is 0.889 bits per heavy atom. The normalized spacial score (nSPS) is 10.8. The summed E-state index contributed by atoms with van der Waals surface area (Å²) in [6.45, 7) is 4.51. The lowest BCUT2D eigenvalue weighted by Crippen LogP contribution is -2.33. The fraction of sp³-hybridized carbons (Fsp3) is 0.100. The molecule has 2 amide bonds. The number of benzene rings is 4. The summed E-state index contributed by atoms with van der Waals surface area (Å²) in [5.41, 5.74) is 4.20. The van der Waals surface area contributed by atoms with Gasteiger partial charge in [-0.15, -0.1) is 0 Å². The number of amides is 2. The SMILES string of the molecule is CCN(C(=O)c1ccc(NC(=S)NC(=O)/C=C/c2ccc(C)cc2)cc1)c1cccc2ccccc12. The summed E-state index contributed by atoms with van der Waals surface area (Å²) in [4.78, 5) is 27.3. The number of hydrogen-bond acceptors (Lipinski definition) is 3. The lowest BCUT2D eigenvalue weighted by molar-refractivity contribution is -0.115. The number of carbonyl (C=O) groups excluding carboxylic acids is 2.